The Balaban J connectivity index is 1.85. The van der Waals surface area contributed by atoms with Gasteiger partial charge in [0.1, 0.15) is 0 Å². The molecule has 1 unspecified atom stereocenters. The monoisotopic (exact) mass is 589 g/mol. The van der Waals surface area contributed by atoms with Gasteiger partial charge in [0.05, 0.1) is 24.8 Å². The second-order valence-electron chi connectivity index (χ2n) is 8.59. The lowest BCUT2D eigenvalue weighted by Crippen LogP contribution is -2.48. The van der Waals surface area contributed by atoms with Gasteiger partial charge in [-0.3, -0.25) is 14.3 Å². The molecule has 2 N–H and O–H groups in total. The number of carbonyl (C=O) groups is 2. The summed E-state index contributed by atoms with van der Waals surface area (Å²) in [4.78, 5) is 24.9. The van der Waals surface area contributed by atoms with Crippen LogP contribution in [-0.2, 0) is 32.8 Å². The molecule has 9 nitrogen and oxygen atoms in total. The maximum Gasteiger partial charge on any atom is 0.337 e. The summed E-state index contributed by atoms with van der Waals surface area (Å²) in [5.74, 6) is -1.39. The molecule has 1 heterocycles. The van der Waals surface area contributed by atoms with Gasteiger partial charge in [0.25, 0.3) is 5.91 Å². The average molecular weight is 590 g/mol. The Kier molecular flexibility index (Phi) is 8.94. The van der Waals surface area contributed by atoms with Crippen LogP contribution >= 0.6 is 23.2 Å². The fraction of sp³-hybridized carbons (Fsp3) is 0.185. The molecular formula is C27H25Cl2N3O6S. The largest absolute Gasteiger partial charge is 0.463 e. The summed E-state index contributed by atoms with van der Waals surface area (Å²) in [7, 11) is -4.23. The zero-order valence-corrected chi connectivity index (χ0v) is 23.1. The molecule has 1 aliphatic heterocycles. The number of benzene rings is 3. The lowest BCUT2D eigenvalue weighted by Gasteiger charge is -2.40. The van der Waals surface area contributed by atoms with Gasteiger partial charge in [0, 0.05) is 28.4 Å². The van der Waals surface area contributed by atoms with Crippen molar-refractivity contribution in [1.29, 1.82) is 0 Å². The zero-order valence-electron chi connectivity index (χ0n) is 20.8. The van der Waals surface area contributed by atoms with Gasteiger partial charge in [-0.1, -0.05) is 71.7 Å². The third kappa shape index (κ3) is 6.26. The minimum absolute atomic E-state index is 0.0599. The number of carbonyl (C=O) groups excluding carboxylic acids is 2. The van der Waals surface area contributed by atoms with E-state index in [1.807, 2.05) is 6.07 Å². The molecule has 1 atom stereocenters. The van der Waals surface area contributed by atoms with Crippen LogP contribution in [0, 0.1) is 0 Å². The van der Waals surface area contributed by atoms with Crippen molar-refractivity contribution in [1.82, 2.24) is 14.1 Å². The van der Waals surface area contributed by atoms with Crippen LogP contribution < -0.4 is 5.48 Å². The molecule has 1 aliphatic rings. The zero-order chi connectivity index (χ0) is 28.2. The topological polar surface area (TPSA) is 116 Å². The predicted octanol–water partition coefficient (Wildman–Crippen LogP) is 4.86. The second-order valence-corrected chi connectivity index (χ2v) is 11.3. The lowest BCUT2D eigenvalue weighted by molar-refractivity contribution is -0.139. The van der Waals surface area contributed by atoms with Gasteiger partial charge >= 0.3 is 16.2 Å². The van der Waals surface area contributed by atoms with Crippen LogP contribution in [0.5, 0.6) is 0 Å². The van der Waals surface area contributed by atoms with Crippen LogP contribution in [0.4, 0.5) is 0 Å². The molecule has 4 rings (SSSR count). The fourth-order valence-corrected chi connectivity index (χ4v) is 6.36. The number of ether oxygens (including phenoxy) is 1. The molecule has 0 saturated carbocycles. The number of rotatable bonds is 8. The van der Waals surface area contributed by atoms with Gasteiger partial charge in [0.15, 0.2) is 0 Å². The highest BCUT2D eigenvalue weighted by Gasteiger charge is 2.44. The molecule has 0 spiro atoms. The Bertz CT molecular complexity index is 1500. The van der Waals surface area contributed by atoms with E-state index in [0.717, 1.165) is 4.31 Å². The van der Waals surface area contributed by atoms with Gasteiger partial charge in [-0.25, -0.2) is 10.3 Å². The molecule has 0 aromatic heterocycles. The Morgan fingerprint density at radius 3 is 2.26 bits per heavy atom. The summed E-state index contributed by atoms with van der Waals surface area (Å²) in [6.45, 7) is 1.54. The first kappa shape index (κ1) is 28.6. The van der Waals surface area contributed by atoms with Gasteiger partial charge in [0.2, 0.25) is 0 Å². The van der Waals surface area contributed by atoms with Crippen molar-refractivity contribution in [3.63, 3.8) is 0 Å². The molecule has 1 amide bonds. The Hall–Kier alpha value is -3.41. The van der Waals surface area contributed by atoms with Crippen LogP contribution in [0.3, 0.4) is 0 Å². The van der Waals surface area contributed by atoms with Crippen molar-refractivity contribution in [2.24, 2.45) is 0 Å². The van der Waals surface area contributed by atoms with Crippen LogP contribution in [0.15, 0.2) is 84.6 Å². The molecule has 0 saturated heterocycles. The van der Waals surface area contributed by atoms with Crippen molar-refractivity contribution in [3.8, 4) is 0 Å². The second kappa shape index (κ2) is 12.2. The molecule has 0 aliphatic carbocycles. The first-order valence-electron chi connectivity index (χ1n) is 11.9. The molecular weight excluding hydrogens is 565 g/mol. The number of hydroxylamine groups is 1. The summed E-state index contributed by atoms with van der Waals surface area (Å²) in [6, 6.07) is 18.6. The van der Waals surface area contributed by atoms with Gasteiger partial charge in [-0.15, -0.1) is 0 Å². The first-order valence-corrected chi connectivity index (χ1v) is 14.0. The molecule has 3 aromatic carbocycles. The Labute approximate surface area is 236 Å². The predicted molar refractivity (Wildman–Crippen MR) is 146 cm³/mol. The van der Waals surface area contributed by atoms with Gasteiger partial charge < -0.3 is 4.74 Å². The van der Waals surface area contributed by atoms with Crippen LogP contribution in [-0.4, -0.2) is 40.7 Å². The highest BCUT2D eigenvalue weighted by atomic mass is 35.5. The maximum atomic E-state index is 14.1. The third-order valence-electron chi connectivity index (χ3n) is 6.06. The number of amides is 1. The minimum Gasteiger partial charge on any atom is -0.463 e. The summed E-state index contributed by atoms with van der Waals surface area (Å²) >= 11 is 12.7. The van der Waals surface area contributed by atoms with E-state index in [1.54, 1.807) is 60.9 Å². The van der Waals surface area contributed by atoms with E-state index >= 15 is 0 Å². The van der Waals surface area contributed by atoms with Crippen LogP contribution in [0.2, 0.25) is 10.0 Å². The van der Waals surface area contributed by atoms with Crippen LogP contribution in [0.25, 0.3) is 0 Å². The van der Waals surface area contributed by atoms with Crippen molar-refractivity contribution >= 4 is 45.3 Å². The molecule has 0 fully saturated rings. The number of hydrogen-bond acceptors (Lipinski definition) is 6. The SMILES string of the molecule is CCOC(=O)C1=CN(Cc2ccc(C(=O)NO)cc2)S(=O)(=O)N(Cc2ccccc2)C1c1ccc(Cl)cc1Cl. The molecule has 12 heteroatoms. The first-order chi connectivity index (χ1) is 18.6. The van der Waals surface area contributed by atoms with E-state index in [0.29, 0.717) is 21.7 Å². The van der Waals surface area contributed by atoms with E-state index in [-0.39, 0.29) is 35.9 Å². The molecule has 0 bridgehead atoms. The maximum absolute atomic E-state index is 14.1. The Morgan fingerprint density at radius 2 is 1.64 bits per heavy atom. The molecule has 0 radical (unpaired) electrons. The molecule has 204 valence electrons. The fourth-order valence-electron chi connectivity index (χ4n) is 4.21. The summed E-state index contributed by atoms with van der Waals surface area (Å²) < 4.78 is 35.8. The summed E-state index contributed by atoms with van der Waals surface area (Å²) in [5, 5.41) is 9.41. The highest BCUT2D eigenvalue weighted by Crippen LogP contribution is 2.42. The summed E-state index contributed by atoms with van der Waals surface area (Å²) in [5.41, 5.74) is 3.42. The number of halogens is 2. The van der Waals surface area contributed by atoms with Crippen molar-refractivity contribution in [2.45, 2.75) is 26.1 Å². The smallest absolute Gasteiger partial charge is 0.337 e. The average Bonchev–Trinajstić information content (AvgIpc) is 2.92. The van der Waals surface area contributed by atoms with E-state index in [4.69, 9.17) is 33.1 Å². The van der Waals surface area contributed by atoms with Gasteiger partial charge in [-0.05, 0) is 47.9 Å². The number of esters is 1. The molecule has 39 heavy (non-hydrogen) atoms. The Morgan fingerprint density at radius 1 is 0.974 bits per heavy atom. The molecule has 3 aromatic rings. The van der Waals surface area contributed by atoms with E-state index in [1.165, 1.54) is 28.7 Å². The minimum atomic E-state index is -4.23. The number of nitrogens with one attached hydrogen (secondary N) is 1. The highest BCUT2D eigenvalue weighted by molar-refractivity contribution is 7.86. The number of hydrogen-bond donors (Lipinski definition) is 2. The quantitative estimate of drug-likeness (QED) is 0.220. The third-order valence-corrected chi connectivity index (χ3v) is 8.39. The van der Waals surface area contributed by atoms with Crippen molar-refractivity contribution in [3.05, 3.63) is 117 Å². The van der Waals surface area contributed by atoms with Gasteiger partial charge in [-0.2, -0.15) is 12.7 Å². The normalized spacial score (nSPS) is 16.9. The standard InChI is InChI=1S/C27H25Cl2N3O6S/c1-2-38-27(34)23-17-31(15-19-8-10-20(11-9-19)26(33)30-35)39(36,37)32(16-18-6-4-3-5-7-18)25(23)22-13-12-21(28)14-24(22)29/h3-14,17,25,35H,2,15-16H2,1H3,(H,30,33). The van der Waals surface area contributed by atoms with Crippen molar-refractivity contribution in [2.75, 3.05) is 6.61 Å². The summed E-state index contributed by atoms with van der Waals surface area (Å²) in [6.07, 6.45) is 1.26. The lowest BCUT2D eigenvalue weighted by atomic mass is 9.98. The van der Waals surface area contributed by atoms with E-state index < -0.39 is 28.1 Å². The van der Waals surface area contributed by atoms with Crippen molar-refractivity contribution < 1.29 is 28.0 Å². The van der Waals surface area contributed by atoms with Crippen LogP contribution in [0.1, 0.15) is 40.0 Å². The van der Waals surface area contributed by atoms with E-state index in [2.05, 4.69) is 0 Å². The number of nitrogens with zero attached hydrogens (tertiary/aromatic N) is 2. The van der Waals surface area contributed by atoms with E-state index in [9.17, 15) is 18.0 Å².